The van der Waals surface area contributed by atoms with Crippen molar-refractivity contribution in [2.24, 2.45) is 5.92 Å². The number of methoxy groups -OCH3 is 2. The highest BCUT2D eigenvalue weighted by molar-refractivity contribution is 5.89. The van der Waals surface area contributed by atoms with Crippen LogP contribution in [0.4, 0.5) is 0 Å². The Morgan fingerprint density at radius 3 is 2.38 bits per heavy atom. The molecule has 1 aromatic rings. The molecule has 21 heavy (non-hydrogen) atoms. The molecule has 108 valence electrons. The highest BCUT2D eigenvalue weighted by atomic mass is 16.5. The highest BCUT2D eigenvalue weighted by Gasteiger charge is 2.45. The summed E-state index contributed by atoms with van der Waals surface area (Å²) in [5.74, 6) is -2.72. The number of esters is 2. The summed E-state index contributed by atoms with van der Waals surface area (Å²) in [6, 6.07) is 6.30. The van der Waals surface area contributed by atoms with Crippen molar-refractivity contribution >= 4 is 11.9 Å². The fourth-order valence-corrected chi connectivity index (χ4v) is 1.87. The van der Waals surface area contributed by atoms with Crippen molar-refractivity contribution in [2.45, 2.75) is 12.3 Å². The van der Waals surface area contributed by atoms with Gasteiger partial charge in [-0.25, -0.2) is 9.78 Å². The second-order valence-electron chi connectivity index (χ2n) is 4.31. The fourth-order valence-electron chi connectivity index (χ4n) is 1.87. The molecule has 7 nitrogen and oxygen atoms in total. The molecule has 0 aliphatic heterocycles. The summed E-state index contributed by atoms with van der Waals surface area (Å²) in [6.45, 7) is 1.41. The average molecular weight is 287 g/mol. The first kappa shape index (κ1) is 16.1. The van der Waals surface area contributed by atoms with E-state index in [9.17, 15) is 9.59 Å². The maximum atomic E-state index is 12.1. The molecule has 0 saturated heterocycles. The molecule has 0 radical (unpaired) electrons. The molecule has 0 spiro atoms. The molecule has 7 heteroatoms. The van der Waals surface area contributed by atoms with Gasteiger partial charge >= 0.3 is 11.9 Å². The van der Waals surface area contributed by atoms with E-state index in [0.717, 1.165) is 7.11 Å². The van der Waals surface area contributed by atoms with Gasteiger partial charge in [0.2, 0.25) is 0 Å². The van der Waals surface area contributed by atoms with Crippen LogP contribution in [0.5, 0.6) is 0 Å². The van der Waals surface area contributed by atoms with Crippen LogP contribution >= 0.6 is 0 Å². The van der Waals surface area contributed by atoms with Crippen molar-refractivity contribution in [2.75, 3.05) is 14.2 Å². The van der Waals surface area contributed by atoms with E-state index in [4.69, 9.17) is 15.3 Å². The van der Waals surface area contributed by atoms with E-state index >= 15 is 0 Å². The SMILES string of the molecule is COC(=O)c1cc(C(C)(C(=O)OC)C(C#N)C#N)ccn1. The summed E-state index contributed by atoms with van der Waals surface area (Å²) in [4.78, 5) is 27.4. The highest BCUT2D eigenvalue weighted by Crippen LogP contribution is 2.33. The third-order valence-electron chi connectivity index (χ3n) is 3.20. The number of pyridine rings is 1. The number of ether oxygens (including phenoxy) is 2. The minimum Gasteiger partial charge on any atom is -0.468 e. The lowest BCUT2D eigenvalue weighted by molar-refractivity contribution is -0.147. The number of nitrogens with zero attached hydrogens (tertiary/aromatic N) is 3. The van der Waals surface area contributed by atoms with E-state index in [1.807, 2.05) is 0 Å². The molecule has 0 bridgehead atoms. The van der Waals surface area contributed by atoms with Gasteiger partial charge in [0.1, 0.15) is 11.1 Å². The first-order valence-electron chi connectivity index (χ1n) is 5.88. The van der Waals surface area contributed by atoms with E-state index < -0.39 is 23.3 Å². The summed E-state index contributed by atoms with van der Waals surface area (Å²) in [5, 5.41) is 18.2. The molecule has 1 unspecified atom stereocenters. The summed E-state index contributed by atoms with van der Waals surface area (Å²) >= 11 is 0. The fraction of sp³-hybridized carbons (Fsp3) is 0.357. The molecule has 0 fully saturated rings. The summed E-state index contributed by atoms with van der Waals surface area (Å²) in [5.41, 5.74) is -1.29. The number of hydrogen-bond donors (Lipinski definition) is 0. The summed E-state index contributed by atoms with van der Waals surface area (Å²) < 4.78 is 9.26. The molecule has 0 amide bonds. The standard InChI is InChI=1S/C14H13N3O4/c1-14(13(19)21-3,10(7-15)8-16)9-4-5-17-11(6-9)12(18)20-2/h4-6,10H,1-3H3. The van der Waals surface area contributed by atoms with Crippen LogP contribution < -0.4 is 0 Å². The zero-order valence-electron chi connectivity index (χ0n) is 11.8. The zero-order valence-corrected chi connectivity index (χ0v) is 11.8. The number of aromatic nitrogens is 1. The molecule has 0 aliphatic rings. The Morgan fingerprint density at radius 1 is 1.29 bits per heavy atom. The van der Waals surface area contributed by atoms with E-state index in [1.165, 1.54) is 32.4 Å². The van der Waals surface area contributed by atoms with Gasteiger partial charge in [0.15, 0.2) is 5.92 Å². The van der Waals surface area contributed by atoms with Crippen LogP contribution in [0.15, 0.2) is 18.3 Å². The third-order valence-corrected chi connectivity index (χ3v) is 3.20. The maximum absolute atomic E-state index is 12.1. The number of carbonyl (C=O) groups excluding carboxylic acids is 2. The van der Waals surface area contributed by atoms with E-state index in [0.29, 0.717) is 0 Å². The number of nitriles is 2. The van der Waals surface area contributed by atoms with Crippen molar-refractivity contribution in [3.8, 4) is 12.1 Å². The Kier molecular flexibility index (Phi) is 4.98. The van der Waals surface area contributed by atoms with Crippen molar-refractivity contribution in [3.63, 3.8) is 0 Å². The number of rotatable bonds is 4. The lowest BCUT2D eigenvalue weighted by atomic mass is 9.73. The van der Waals surface area contributed by atoms with Gasteiger partial charge < -0.3 is 9.47 Å². The molecule has 1 atom stereocenters. The Balaban J connectivity index is 3.49. The monoisotopic (exact) mass is 287 g/mol. The Labute approximate surface area is 121 Å². The maximum Gasteiger partial charge on any atom is 0.356 e. The lowest BCUT2D eigenvalue weighted by Gasteiger charge is -2.27. The predicted octanol–water partition coefficient (Wildman–Crippen LogP) is 0.962. The Bertz CT molecular complexity index is 630. The molecule has 1 heterocycles. The second-order valence-corrected chi connectivity index (χ2v) is 4.31. The minimum atomic E-state index is -1.54. The summed E-state index contributed by atoms with van der Waals surface area (Å²) in [7, 11) is 2.36. The summed E-state index contributed by atoms with van der Waals surface area (Å²) in [6.07, 6.45) is 1.30. The number of carbonyl (C=O) groups is 2. The predicted molar refractivity (Wildman–Crippen MR) is 69.7 cm³/mol. The molecule has 0 aromatic carbocycles. The van der Waals surface area contributed by atoms with E-state index in [-0.39, 0.29) is 11.3 Å². The molecule has 1 rings (SSSR count). The lowest BCUT2D eigenvalue weighted by Crippen LogP contribution is -2.40. The average Bonchev–Trinajstić information content (AvgIpc) is 2.54. The Morgan fingerprint density at radius 2 is 1.90 bits per heavy atom. The first-order valence-corrected chi connectivity index (χ1v) is 5.88. The quantitative estimate of drug-likeness (QED) is 0.758. The second kappa shape index (κ2) is 6.49. The van der Waals surface area contributed by atoms with E-state index in [2.05, 4.69) is 9.72 Å². The van der Waals surface area contributed by atoms with Gasteiger partial charge in [-0.2, -0.15) is 10.5 Å². The minimum absolute atomic E-state index is 0.0280. The molecule has 0 saturated carbocycles. The van der Waals surface area contributed by atoms with Crippen molar-refractivity contribution in [1.82, 2.24) is 4.98 Å². The van der Waals surface area contributed by atoms with Gasteiger partial charge in [-0.3, -0.25) is 4.79 Å². The Hall–Kier alpha value is -2.93. The van der Waals surface area contributed by atoms with Gasteiger partial charge in [-0.1, -0.05) is 0 Å². The molecular weight excluding hydrogens is 274 g/mol. The molecule has 0 aliphatic carbocycles. The zero-order chi connectivity index (χ0) is 16.0. The van der Waals surface area contributed by atoms with Crippen molar-refractivity contribution in [3.05, 3.63) is 29.6 Å². The van der Waals surface area contributed by atoms with Crippen LogP contribution in [0.2, 0.25) is 0 Å². The number of hydrogen-bond acceptors (Lipinski definition) is 7. The van der Waals surface area contributed by atoms with Gasteiger partial charge in [0, 0.05) is 6.20 Å². The third kappa shape index (κ3) is 2.82. The van der Waals surface area contributed by atoms with Crippen LogP contribution in [-0.4, -0.2) is 31.1 Å². The normalized spacial score (nSPS) is 12.7. The van der Waals surface area contributed by atoms with Crippen LogP contribution in [0.25, 0.3) is 0 Å². The van der Waals surface area contributed by atoms with Crippen LogP contribution in [-0.2, 0) is 19.7 Å². The smallest absolute Gasteiger partial charge is 0.356 e. The molecular formula is C14H13N3O4. The van der Waals surface area contributed by atoms with Crippen molar-refractivity contribution in [1.29, 1.82) is 10.5 Å². The largest absolute Gasteiger partial charge is 0.468 e. The molecule has 1 aromatic heterocycles. The van der Waals surface area contributed by atoms with Crippen LogP contribution in [0.1, 0.15) is 23.0 Å². The van der Waals surface area contributed by atoms with Gasteiger partial charge in [-0.05, 0) is 24.6 Å². The molecule has 0 N–H and O–H groups in total. The van der Waals surface area contributed by atoms with Crippen LogP contribution in [0.3, 0.4) is 0 Å². The first-order chi connectivity index (χ1) is 9.95. The van der Waals surface area contributed by atoms with Crippen molar-refractivity contribution < 1.29 is 19.1 Å². The van der Waals surface area contributed by atoms with E-state index in [1.54, 1.807) is 12.1 Å². The topological polar surface area (TPSA) is 113 Å². The van der Waals surface area contributed by atoms with Gasteiger partial charge in [-0.15, -0.1) is 0 Å². The van der Waals surface area contributed by atoms with Crippen LogP contribution in [0, 0.1) is 28.6 Å². The van der Waals surface area contributed by atoms with Gasteiger partial charge in [0.05, 0.1) is 26.4 Å². The van der Waals surface area contributed by atoms with Gasteiger partial charge in [0.25, 0.3) is 0 Å².